The molecule has 5 nitrogen and oxygen atoms in total. The highest BCUT2D eigenvalue weighted by Gasteiger charge is 2.38. The van der Waals surface area contributed by atoms with Crippen LogP contribution in [0, 0.1) is 0 Å². The second kappa shape index (κ2) is 5.74. The number of aliphatic hydroxyl groups excluding tert-OH is 1. The fourth-order valence-electron chi connectivity index (χ4n) is 3.94. The molecule has 0 bridgehead atoms. The zero-order valence-corrected chi connectivity index (χ0v) is 13.3. The molecule has 23 heavy (non-hydrogen) atoms. The SMILES string of the molecule is C[C@H]1CN2C[C@H](O)CC2CN1Cc1coc2ccccc2c1=O. The molecule has 3 atom stereocenters. The molecule has 2 saturated heterocycles. The maximum absolute atomic E-state index is 12.7. The highest BCUT2D eigenvalue weighted by atomic mass is 16.3. The first-order chi connectivity index (χ1) is 11.1. The molecule has 0 amide bonds. The van der Waals surface area contributed by atoms with E-state index in [1.807, 2.05) is 24.3 Å². The van der Waals surface area contributed by atoms with Crippen LogP contribution < -0.4 is 5.43 Å². The summed E-state index contributed by atoms with van der Waals surface area (Å²) in [7, 11) is 0. The summed E-state index contributed by atoms with van der Waals surface area (Å²) in [5.74, 6) is 0. The minimum Gasteiger partial charge on any atom is -0.464 e. The number of para-hydroxylation sites is 1. The molecule has 1 aromatic heterocycles. The second-order valence-electron chi connectivity index (χ2n) is 6.86. The molecule has 1 N–H and O–H groups in total. The van der Waals surface area contributed by atoms with E-state index >= 15 is 0 Å². The maximum atomic E-state index is 12.7. The average molecular weight is 314 g/mol. The van der Waals surface area contributed by atoms with E-state index in [4.69, 9.17) is 4.42 Å². The molecule has 122 valence electrons. The Bertz CT molecular complexity index is 772. The van der Waals surface area contributed by atoms with Gasteiger partial charge in [0.25, 0.3) is 0 Å². The van der Waals surface area contributed by atoms with E-state index in [0.717, 1.165) is 26.1 Å². The fourth-order valence-corrected chi connectivity index (χ4v) is 3.94. The lowest BCUT2D eigenvalue weighted by atomic mass is 10.1. The topological polar surface area (TPSA) is 56.9 Å². The van der Waals surface area contributed by atoms with Gasteiger partial charge in [0.2, 0.25) is 0 Å². The monoisotopic (exact) mass is 314 g/mol. The summed E-state index contributed by atoms with van der Waals surface area (Å²) in [5, 5.41) is 10.5. The van der Waals surface area contributed by atoms with Gasteiger partial charge in [0, 0.05) is 43.8 Å². The Hall–Kier alpha value is -1.69. The largest absolute Gasteiger partial charge is 0.464 e. The van der Waals surface area contributed by atoms with Crippen LogP contribution in [-0.4, -0.2) is 52.7 Å². The normalized spacial score (nSPS) is 29.0. The van der Waals surface area contributed by atoms with Crippen LogP contribution in [0.15, 0.2) is 39.7 Å². The van der Waals surface area contributed by atoms with Gasteiger partial charge in [0.15, 0.2) is 5.43 Å². The Kier molecular flexibility index (Phi) is 3.71. The second-order valence-corrected chi connectivity index (χ2v) is 6.86. The van der Waals surface area contributed by atoms with Gasteiger partial charge in [-0.15, -0.1) is 0 Å². The molecule has 0 spiro atoms. The Morgan fingerprint density at radius 1 is 1.26 bits per heavy atom. The number of nitrogens with zero attached hydrogens (tertiary/aromatic N) is 2. The van der Waals surface area contributed by atoms with E-state index in [0.29, 0.717) is 35.2 Å². The summed E-state index contributed by atoms with van der Waals surface area (Å²) >= 11 is 0. The van der Waals surface area contributed by atoms with Crippen LogP contribution in [0.4, 0.5) is 0 Å². The molecule has 3 heterocycles. The van der Waals surface area contributed by atoms with Crippen LogP contribution in [0.5, 0.6) is 0 Å². The first-order valence-electron chi connectivity index (χ1n) is 8.27. The van der Waals surface area contributed by atoms with E-state index in [2.05, 4.69) is 16.7 Å². The molecule has 5 heteroatoms. The smallest absolute Gasteiger partial charge is 0.197 e. The minimum absolute atomic E-state index is 0.0629. The first kappa shape index (κ1) is 14.9. The molecule has 2 aliphatic heterocycles. The minimum atomic E-state index is -0.210. The zero-order valence-electron chi connectivity index (χ0n) is 13.3. The van der Waals surface area contributed by atoms with E-state index in [-0.39, 0.29) is 11.5 Å². The lowest BCUT2D eigenvalue weighted by Gasteiger charge is -2.42. The van der Waals surface area contributed by atoms with Crippen LogP contribution in [0.3, 0.4) is 0 Å². The number of hydrogen-bond acceptors (Lipinski definition) is 5. The van der Waals surface area contributed by atoms with Gasteiger partial charge < -0.3 is 9.52 Å². The van der Waals surface area contributed by atoms with Crippen LogP contribution in [0.25, 0.3) is 11.0 Å². The highest BCUT2D eigenvalue weighted by Crippen LogP contribution is 2.26. The quantitative estimate of drug-likeness (QED) is 0.909. The summed E-state index contributed by atoms with van der Waals surface area (Å²) in [4.78, 5) is 17.4. The first-order valence-corrected chi connectivity index (χ1v) is 8.27. The van der Waals surface area contributed by atoms with E-state index < -0.39 is 0 Å². The number of piperazine rings is 1. The third-order valence-corrected chi connectivity index (χ3v) is 5.20. The van der Waals surface area contributed by atoms with Gasteiger partial charge in [0.05, 0.1) is 17.8 Å². The summed E-state index contributed by atoms with van der Waals surface area (Å²) in [6.07, 6.45) is 2.22. The van der Waals surface area contributed by atoms with Crippen molar-refractivity contribution in [3.63, 3.8) is 0 Å². The van der Waals surface area contributed by atoms with Crippen molar-refractivity contribution < 1.29 is 9.52 Å². The number of fused-ring (bicyclic) bond motifs is 2. The van der Waals surface area contributed by atoms with Crippen molar-refractivity contribution in [3.05, 3.63) is 46.3 Å². The van der Waals surface area contributed by atoms with Gasteiger partial charge in [-0.3, -0.25) is 14.6 Å². The van der Waals surface area contributed by atoms with Crippen molar-refractivity contribution in [2.45, 2.75) is 38.1 Å². The molecule has 1 aromatic carbocycles. The third kappa shape index (κ3) is 2.69. The highest BCUT2D eigenvalue weighted by molar-refractivity contribution is 5.76. The third-order valence-electron chi connectivity index (χ3n) is 5.20. The predicted octanol–water partition coefficient (Wildman–Crippen LogP) is 1.43. The van der Waals surface area contributed by atoms with Crippen molar-refractivity contribution in [1.29, 1.82) is 0 Å². The molecule has 2 aromatic rings. The van der Waals surface area contributed by atoms with Crippen molar-refractivity contribution in [3.8, 4) is 0 Å². The summed E-state index contributed by atoms with van der Waals surface area (Å²) in [5.41, 5.74) is 1.41. The van der Waals surface area contributed by atoms with Gasteiger partial charge in [0.1, 0.15) is 5.58 Å². The molecule has 0 aliphatic carbocycles. The predicted molar refractivity (Wildman–Crippen MR) is 88.3 cm³/mol. The van der Waals surface area contributed by atoms with Crippen molar-refractivity contribution in [1.82, 2.24) is 9.80 Å². The number of rotatable bonds is 2. The van der Waals surface area contributed by atoms with Crippen LogP contribution >= 0.6 is 0 Å². The number of benzene rings is 1. The van der Waals surface area contributed by atoms with Gasteiger partial charge in [-0.1, -0.05) is 12.1 Å². The maximum Gasteiger partial charge on any atom is 0.197 e. The standard InChI is InChI=1S/C18H22N2O3/c1-12-7-20-10-15(21)6-14(20)9-19(12)8-13-11-23-17-5-3-2-4-16(17)18(13)22/h2-5,11-12,14-15,21H,6-10H2,1H3/t12-,14?,15+/m0/s1. The lowest BCUT2D eigenvalue weighted by molar-refractivity contribution is 0.0523. The van der Waals surface area contributed by atoms with Gasteiger partial charge in [-0.2, -0.15) is 0 Å². The molecule has 2 aliphatic rings. The van der Waals surface area contributed by atoms with E-state index in [9.17, 15) is 9.90 Å². The lowest BCUT2D eigenvalue weighted by Crippen LogP contribution is -2.54. The van der Waals surface area contributed by atoms with Crippen LogP contribution in [-0.2, 0) is 6.54 Å². The number of hydrogen-bond donors (Lipinski definition) is 1. The summed E-state index contributed by atoms with van der Waals surface area (Å²) < 4.78 is 5.63. The van der Waals surface area contributed by atoms with Gasteiger partial charge in [-0.25, -0.2) is 0 Å². The van der Waals surface area contributed by atoms with Crippen molar-refractivity contribution in [2.75, 3.05) is 19.6 Å². The van der Waals surface area contributed by atoms with Crippen molar-refractivity contribution in [2.24, 2.45) is 0 Å². The molecular formula is C18H22N2O3. The molecule has 1 unspecified atom stereocenters. The fraction of sp³-hybridized carbons (Fsp3) is 0.500. The number of aliphatic hydroxyl groups is 1. The van der Waals surface area contributed by atoms with E-state index in [1.54, 1.807) is 6.26 Å². The molecule has 4 rings (SSSR count). The molecule has 0 saturated carbocycles. The Labute approximate surface area is 135 Å². The average Bonchev–Trinajstić information content (AvgIpc) is 2.89. The zero-order chi connectivity index (χ0) is 16.0. The van der Waals surface area contributed by atoms with Gasteiger partial charge in [-0.05, 0) is 25.5 Å². The summed E-state index contributed by atoms with van der Waals surface area (Å²) in [6.45, 7) is 5.41. The van der Waals surface area contributed by atoms with Gasteiger partial charge >= 0.3 is 0 Å². The Balaban J connectivity index is 1.58. The Morgan fingerprint density at radius 2 is 2.09 bits per heavy atom. The van der Waals surface area contributed by atoms with Crippen molar-refractivity contribution >= 4 is 11.0 Å². The Morgan fingerprint density at radius 3 is 2.96 bits per heavy atom. The summed E-state index contributed by atoms with van der Waals surface area (Å²) in [6, 6.07) is 8.14. The molecular weight excluding hydrogens is 292 g/mol. The van der Waals surface area contributed by atoms with Crippen LogP contribution in [0.1, 0.15) is 18.9 Å². The van der Waals surface area contributed by atoms with Crippen LogP contribution in [0.2, 0.25) is 0 Å². The molecule has 0 radical (unpaired) electrons. The molecule has 2 fully saturated rings. The van der Waals surface area contributed by atoms with E-state index in [1.165, 1.54) is 0 Å².